The van der Waals surface area contributed by atoms with Crippen molar-refractivity contribution in [1.29, 1.82) is 0 Å². The largest absolute Gasteiger partial charge is 0.486 e. The normalized spacial score (nSPS) is 11.3. The third-order valence-corrected chi connectivity index (χ3v) is 4.22. The molecule has 3 rings (SSSR count). The van der Waals surface area contributed by atoms with E-state index in [1.54, 1.807) is 10.9 Å². The summed E-state index contributed by atoms with van der Waals surface area (Å²) in [6, 6.07) is 9.20. The van der Waals surface area contributed by atoms with Gasteiger partial charge in [0.15, 0.2) is 5.82 Å². The Morgan fingerprint density at radius 3 is 3.00 bits per heavy atom. The molecule has 0 bridgehead atoms. The highest BCUT2D eigenvalue weighted by atomic mass is 35.5. The van der Waals surface area contributed by atoms with Crippen molar-refractivity contribution in [2.45, 2.75) is 26.9 Å². The van der Waals surface area contributed by atoms with Gasteiger partial charge in [-0.05, 0) is 55.0 Å². The molecule has 1 N–H and O–H groups in total. The van der Waals surface area contributed by atoms with Crippen LogP contribution in [0.4, 0.5) is 0 Å². The zero-order valence-corrected chi connectivity index (χ0v) is 15.4. The number of hydrogen-bond donors (Lipinski definition) is 1. The molecule has 0 amide bonds. The quantitative estimate of drug-likeness (QED) is 0.507. The molecule has 0 saturated heterocycles. The second-order valence-electron chi connectivity index (χ2n) is 5.36. The first kappa shape index (κ1) is 17.4. The van der Waals surface area contributed by atoms with Gasteiger partial charge < -0.3 is 9.15 Å². The summed E-state index contributed by atoms with van der Waals surface area (Å²) in [5, 5.41) is 11.8. The third kappa shape index (κ3) is 4.18. The Morgan fingerprint density at radius 1 is 1.40 bits per heavy atom. The van der Waals surface area contributed by atoms with E-state index in [2.05, 4.69) is 15.3 Å². The average molecular weight is 377 g/mol. The van der Waals surface area contributed by atoms with Gasteiger partial charge in [-0.25, -0.2) is 0 Å². The van der Waals surface area contributed by atoms with Crippen molar-refractivity contribution in [1.82, 2.24) is 14.9 Å². The van der Waals surface area contributed by atoms with E-state index in [4.69, 9.17) is 33.0 Å². The van der Waals surface area contributed by atoms with Gasteiger partial charge in [0.25, 0.3) is 0 Å². The van der Waals surface area contributed by atoms with Gasteiger partial charge in [0.2, 0.25) is 4.77 Å². The van der Waals surface area contributed by atoms with Crippen molar-refractivity contribution in [2.75, 3.05) is 0 Å². The lowest BCUT2D eigenvalue weighted by atomic mass is 10.2. The van der Waals surface area contributed by atoms with Gasteiger partial charge in [-0.15, -0.1) is 0 Å². The number of aryl methyl sites for hydroxylation is 2. The van der Waals surface area contributed by atoms with E-state index in [0.717, 1.165) is 23.6 Å². The van der Waals surface area contributed by atoms with E-state index < -0.39 is 0 Å². The lowest BCUT2D eigenvalue weighted by molar-refractivity contribution is 0.269. The van der Waals surface area contributed by atoms with Crippen molar-refractivity contribution >= 4 is 30.0 Å². The van der Waals surface area contributed by atoms with Crippen LogP contribution in [0.25, 0.3) is 0 Å². The average Bonchev–Trinajstić information content (AvgIpc) is 3.20. The van der Waals surface area contributed by atoms with Crippen LogP contribution in [0.5, 0.6) is 5.75 Å². The maximum absolute atomic E-state index is 6.01. The van der Waals surface area contributed by atoms with E-state index in [1.807, 2.05) is 44.2 Å². The van der Waals surface area contributed by atoms with Gasteiger partial charge in [-0.1, -0.05) is 18.5 Å². The molecule has 2 aromatic heterocycles. The minimum Gasteiger partial charge on any atom is -0.486 e. The van der Waals surface area contributed by atoms with Crippen LogP contribution in [-0.2, 0) is 13.0 Å². The van der Waals surface area contributed by atoms with Gasteiger partial charge >= 0.3 is 0 Å². The smallest absolute Gasteiger partial charge is 0.216 e. The van der Waals surface area contributed by atoms with Crippen LogP contribution in [0.2, 0.25) is 5.02 Å². The molecule has 0 aliphatic carbocycles. The predicted octanol–water partition coefficient (Wildman–Crippen LogP) is 4.52. The molecular formula is C17H17ClN4O2S. The number of nitrogens with one attached hydrogen (secondary N) is 1. The molecular weight excluding hydrogens is 360 g/mol. The van der Waals surface area contributed by atoms with Crippen LogP contribution in [-0.4, -0.2) is 21.1 Å². The van der Waals surface area contributed by atoms with Crippen LogP contribution in [0.15, 0.2) is 39.9 Å². The summed E-state index contributed by atoms with van der Waals surface area (Å²) < 4.78 is 13.4. The highest BCUT2D eigenvalue weighted by molar-refractivity contribution is 7.71. The maximum atomic E-state index is 6.01. The fourth-order valence-corrected chi connectivity index (χ4v) is 2.51. The zero-order chi connectivity index (χ0) is 17.8. The molecule has 0 atom stereocenters. The van der Waals surface area contributed by atoms with Gasteiger partial charge in [0, 0.05) is 11.4 Å². The Kier molecular flexibility index (Phi) is 5.35. The molecule has 130 valence electrons. The second-order valence-corrected chi connectivity index (χ2v) is 6.15. The first-order chi connectivity index (χ1) is 12.1. The summed E-state index contributed by atoms with van der Waals surface area (Å²) in [5.41, 5.74) is 0.968. The topological polar surface area (TPSA) is 68.3 Å². The van der Waals surface area contributed by atoms with Crippen molar-refractivity contribution in [3.05, 3.63) is 63.0 Å². The maximum Gasteiger partial charge on any atom is 0.216 e. The number of rotatable bonds is 6. The molecule has 6 nitrogen and oxygen atoms in total. The Bertz CT molecular complexity index is 958. The number of aromatic nitrogens is 3. The van der Waals surface area contributed by atoms with Gasteiger partial charge in [-0.2, -0.15) is 14.9 Å². The fraction of sp³-hybridized carbons (Fsp3) is 0.235. The van der Waals surface area contributed by atoms with Crippen molar-refractivity contribution in [2.24, 2.45) is 5.10 Å². The third-order valence-electron chi connectivity index (χ3n) is 3.53. The summed E-state index contributed by atoms with van der Waals surface area (Å²) in [7, 11) is 0. The molecule has 0 radical (unpaired) electrons. The van der Waals surface area contributed by atoms with E-state index in [-0.39, 0.29) is 0 Å². The number of hydrogen-bond acceptors (Lipinski definition) is 5. The standard InChI is InChI=1S/C17H17ClN4O2S/c1-3-16-20-21-17(25)22(16)19-9-13-4-5-14(24-13)10-23-12-6-7-15(18)11(2)8-12/h4-9H,3,10H2,1-2H3,(H,21,25)/b19-9-. The first-order valence-electron chi connectivity index (χ1n) is 7.75. The summed E-state index contributed by atoms with van der Waals surface area (Å²) >= 11 is 11.2. The van der Waals surface area contributed by atoms with E-state index in [0.29, 0.717) is 27.9 Å². The summed E-state index contributed by atoms with van der Waals surface area (Å²) in [4.78, 5) is 0. The van der Waals surface area contributed by atoms with Crippen LogP contribution < -0.4 is 4.74 Å². The van der Waals surface area contributed by atoms with E-state index in [9.17, 15) is 0 Å². The molecule has 0 fully saturated rings. The molecule has 0 aliphatic rings. The first-order valence-corrected chi connectivity index (χ1v) is 8.53. The molecule has 0 saturated carbocycles. The Balaban J connectivity index is 1.66. The summed E-state index contributed by atoms with van der Waals surface area (Å²) in [6.07, 6.45) is 2.32. The lowest BCUT2D eigenvalue weighted by Gasteiger charge is -2.05. The molecule has 25 heavy (non-hydrogen) atoms. The van der Waals surface area contributed by atoms with Crippen molar-refractivity contribution < 1.29 is 9.15 Å². The number of benzene rings is 1. The molecule has 0 spiro atoms. The summed E-state index contributed by atoms with van der Waals surface area (Å²) in [6.45, 7) is 4.24. The van der Waals surface area contributed by atoms with Crippen LogP contribution in [0.3, 0.4) is 0 Å². The molecule has 2 heterocycles. The van der Waals surface area contributed by atoms with Crippen molar-refractivity contribution in [3.63, 3.8) is 0 Å². The second kappa shape index (κ2) is 7.67. The Hall–Kier alpha value is -2.38. The fourth-order valence-electron chi connectivity index (χ4n) is 2.19. The monoisotopic (exact) mass is 376 g/mol. The van der Waals surface area contributed by atoms with E-state index >= 15 is 0 Å². The minimum atomic E-state index is 0.320. The van der Waals surface area contributed by atoms with Crippen LogP contribution >= 0.6 is 23.8 Å². The molecule has 1 aromatic carbocycles. The van der Waals surface area contributed by atoms with Crippen LogP contribution in [0, 0.1) is 11.7 Å². The number of nitrogens with zero attached hydrogens (tertiary/aromatic N) is 3. The number of ether oxygens (including phenoxy) is 1. The lowest BCUT2D eigenvalue weighted by Crippen LogP contribution is -1.97. The number of halogens is 1. The molecule has 3 aromatic rings. The highest BCUT2D eigenvalue weighted by Gasteiger charge is 2.05. The highest BCUT2D eigenvalue weighted by Crippen LogP contribution is 2.22. The van der Waals surface area contributed by atoms with Crippen LogP contribution in [0.1, 0.15) is 29.8 Å². The van der Waals surface area contributed by atoms with Gasteiger partial charge in [0.1, 0.15) is 23.9 Å². The zero-order valence-electron chi connectivity index (χ0n) is 13.8. The van der Waals surface area contributed by atoms with E-state index in [1.165, 1.54) is 0 Å². The number of H-pyrrole nitrogens is 1. The van der Waals surface area contributed by atoms with Gasteiger partial charge in [-0.3, -0.25) is 5.10 Å². The molecule has 8 heteroatoms. The Morgan fingerprint density at radius 2 is 2.24 bits per heavy atom. The molecule has 0 aliphatic heterocycles. The van der Waals surface area contributed by atoms with Gasteiger partial charge in [0.05, 0.1) is 6.21 Å². The molecule has 0 unspecified atom stereocenters. The van der Waals surface area contributed by atoms with Crippen molar-refractivity contribution in [3.8, 4) is 5.75 Å². The minimum absolute atomic E-state index is 0.320. The number of furan rings is 1. The SMILES string of the molecule is CCc1n[nH]c(=S)n1/N=C\c1ccc(COc2ccc(Cl)c(C)c2)o1. The predicted molar refractivity (Wildman–Crippen MR) is 99.0 cm³/mol. The Labute approximate surface area is 155 Å². The number of aromatic amines is 1. The summed E-state index contributed by atoms with van der Waals surface area (Å²) in [5.74, 6) is 2.80.